The van der Waals surface area contributed by atoms with Gasteiger partial charge in [-0.25, -0.2) is 8.42 Å². The van der Waals surface area contributed by atoms with E-state index in [2.05, 4.69) is 9.82 Å². The zero-order valence-corrected chi connectivity index (χ0v) is 21.0. The van der Waals surface area contributed by atoms with Crippen molar-refractivity contribution in [1.29, 1.82) is 0 Å². The molecular formula is C24H24ClN3O4S2. The van der Waals surface area contributed by atoms with Crippen LogP contribution < -0.4 is 4.72 Å². The van der Waals surface area contributed by atoms with Gasteiger partial charge in [-0.3, -0.25) is 4.72 Å². The molecule has 0 amide bonds. The van der Waals surface area contributed by atoms with Crippen LogP contribution >= 0.6 is 11.6 Å². The van der Waals surface area contributed by atoms with Crippen LogP contribution in [0.3, 0.4) is 0 Å². The minimum atomic E-state index is -3.98. The number of nitrogens with zero attached hydrogens (tertiary/aromatic N) is 2. The Kier molecular flexibility index (Phi) is 6.71. The molecule has 0 unspecified atom stereocenters. The normalized spacial score (nSPS) is 16.4. The fraction of sp³-hybridized carbons (Fsp3) is 0.208. The molecule has 0 aliphatic carbocycles. The highest BCUT2D eigenvalue weighted by atomic mass is 35.5. The highest BCUT2D eigenvalue weighted by molar-refractivity contribution is 7.92. The first-order valence-electron chi connectivity index (χ1n) is 10.6. The number of hydrogen-bond donors (Lipinski definition) is 1. The lowest BCUT2D eigenvalue weighted by Gasteiger charge is -2.24. The van der Waals surface area contributed by atoms with Crippen LogP contribution in [-0.2, 0) is 20.0 Å². The monoisotopic (exact) mass is 517 g/mol. The smallest absolute Gasteiger partial charge is 0.279 e. The summed E-state index contributed by atoms with van der Waals surface area (Å²) in [5, 5.41) is 4.86. The maximum absolute atomic E-state index is 13.6. The Labute approximate surface area is 205 Å². The van der Waals surface area contributed by atoms with Gasteiger partial charge >= 0.3 is 0 Å². The fourth-order valence-corrected chi connectivity index (χ4v) is 6.16. The average molecular weight is 518 g/mol. The molecular weight excluding hydrogens is 494 g/mol. The zero-order valence-electron chi connectivity index (χ0n) is 18.6. The Balaban J connectivity index is 1.74. The second-order valence-electron chi connectivity index (χ2n) is 7.94. The number of nitrogens with one attached hydrogen (secondary N) is 1. The Bertz CT molecular complexity index is 1450. The summed E-state index contributed by atoms with van der Waals surface area (Å²) < 4.78 is 54.5. The summed E-state index contributed by atoms with van der Waals surface area (Å²) in [4.78, 5) is 0.0629. The van der Waals surface area contributed by atoms with Crippen molar-refractivity contribution < 1.29 is 16.8 Å². The van der Waals surface area contributed by atoms with Crippen LogP contribution in [0.5, 0.6) is 0 Å². The quantitative estimate of drug-likeness (QED) is 0.479. The number of anilines is 1. The van der Waals surface area contributed by atoms with Gasteiger partial charge in [0.1, 0.15) is 0 Å². The summed E-state index contributed by atoms with van der Waals surface area (Å²) in [5.74, 6) is -0.0319. The molecule has 0 aromatic heterocycles. The van der Waals surface area contributed by atoms with E-state index in [1.807, 2.05) is 31.2 Å². The Morgan fingerprint density at radius 2 is 1.71 bits per heavy atom. The lowest BCUT2D eigenvalue weighted by Crippen LogP contribution is -2.27. The van der Waals surface area contributed by atoms with Crippen molar-refractivity contribution >= 4 is 43.0 Å². The highest BCUT2D eigenvalue weighted by Crippen LogP contribution is 2.38. The molecule has 3 aromatic rings. The van der Waals surface area contributed by atoms with Crippen molar-refractivity contribution in [2.24, 2.45) is 5.10 Å². The molecule has 0 saturated carbocycles. The molecule has 1 aliphatic heterocycles. The van der Waals surface area contributed by atoms with E-state index in [9.17, 15) is 16.8 Å². The lowest BCUT2D eigenvalue weighted by molar-refractivity contribution is 0.370. The molecule has 0 bridgehead atoms. The number of halogens is 1. The van der Waals surface area contributed by atoms with Gasteiger partial charge in [-0.15, -0.1) is 0 Å². The first kappa shape index (κ1) is 24.3. The third-order valence-electron chi connectivity index (χ3n) is 5.63. The van der Waals surface area contributed by atoms with E-state index in [1.54, 1.807) is 43.3 Å². The number of benzene rings is 3. The van der Waals surface area contributed by atoms with Gasteiger partial charge in [0, 0.05) is 17.1 Å². The van der Waals surface area contributed by atoms with Gasteiger partial charge in [0.2, 0.25) is 10.0 Å². The van der Waals surface area contributed by atoms with Gasteiger partial charge in [0.15, 0.2) is 0 Å². The van der Waals surface area contributed by atoms with Crippen LogP contribution in [0.1, 0.15) is 36.1 Å². The predicted octanol–water partition coefficient (Wildman–Crippen LogP) is 4.95. The summed E-state index contributed by atoms with van der Waals surface area (Å²) in [6, 6.07) is 20.0. The molecule has 1 atom stereocenters. The summed E-state index contributed by atoms with van der Waals surface area (Å²) in [7, 11) is -7.38. The van der Waals surface area contributed by atoms with E-state index in [0.717, 1.165) is 15.5 Å². The molecule has 1 N–H and O–H groups in total. The van der Waals surface area contributed by atoms with E-state index in [0.29, 0.717) is 28.4 Å². The van der Waals surface area contributed by atoms with Gasteiger partial charge in [-0.1, -0.05) is 54.1 Å². The van der Waals surface area contributed by atoms with Crippen molar-refractivity contribution in [3.8, 4) is 0 Å². The van der Waals surface area contributed by atoms with E-state index in [-0.39, 0.29) is 10.6 Å². The van der Waals surface area contributed by atoms with Crippen molar-refractivity contribution in [3.63, 3.8) is 0 Å². The number of rotatable bonds is 7. The molecule has 10 heteroatoms. The van der Waals surface area contributed by atoms with E-state index in [4.69, 9.17) is 11.6 Å². The molecule has 0 spiro atoms. The third kappa shape index (κ3) is 4.96. The summed E-state index contributed by atoms with van der Waals surface area (Å²) in [6.07, 6.45) is 0.366. The minimum Gasteiger partial charge on any atom is -0.284 e. The lowest BCUT2D eigenvalue weighted by atomic mass is 9.96. The van der Waals surface area contributed by atoms with Crippen molar-refractivity contribution in [2.45, 2.75) is 31.2 Å². The van der Waals surface area contributed by atoms with Gasteiger partial charge in [0.25, 0.3) is 10.0 Å². The van der Waals surface area contributed by atoms with Gasteiger partial charge < -0.3 is 0 Å². The van der Waals surface area contributed by atoms with Crippen LogP contribution in [0.2, 0.25) is 5.02 Å². The zero-order chi connectivity index (χ0) is 24.5. The molecule has 1 heterocycles. The molecule has 0 radical (unpaired) electrons. The van der Waals surface area contributed by atoms with Crippen LogP contribution in [0.15, 0.2) is 82.8 Å². The minimum absolute atomic E-state index is 0.0319. The van der Waals surface area contributed by atoms with Gasteiger partial charge in [-0.05, 0) is 60.9 Å². The molecule has 3 aromatic carbocycles. The maximum Gasteiger partial charge on any atom is 0.279 e. The maximum atomic E-state index is 13.6. The molecule has 178 valence electrons. The van der Waals surface area contributed by atoms with Crippen LogP contribution in [-0.4, -0.2) is 32.7 Å². The summed E-state index contributed by atoms with van der Waals surface area (Å²) >= 11 is 6.06. The number of aryl methyl sites for hydroxylation is 1. The molecule has 4 rings (SSSR count). The van der Waals surface area contributed by atoms with Crippen molar-refractivity contribution in [1.82, 2.24) is 4.41 Å². The van der Waals surface area contributed by atoms with E-state index >= 15 is 0 Å². The largest absolute Gasteiger partial charge is 0.284 e. The fourth-order valence-electron chi connectivity index (χ4n) is 3.80. The number of hydrazone groups is 1. The third-order valence-corrected chi connectivity index (χ3v) is 8.85. The molecule has 7 nitrogen and oxygen atoms in total. The Morgan fingerprint density at radius 3 is 2.35 bits per heavy atom. The molecule has 0 fully saturated rings. The summed E-state index contributed by atoms with van der Waals surface area (Å²) in [6.45, 7) is 3.50. The SMILES string of the molecule is CCS(=O)(=O)Nc1ccc(C2=NN(S(=O)(=O)c3cccc(Cl)c3)[C@@H](c3ccccc3C)C2)cc1. The second kappa shape index (κ2) is 9.40. The van der Waals surface area contributed by atoms with Crippen LogP contribution in [0, 0.1) is 6.92 Å². The average Bonchev–Trinajstić information content (AvgIpc) is 3.26. The highest BCUT2D eigenvalue weighted by Gasteiger charge is 2.38. The van der Waals surface area contributed by atoms with Crippen LogP contribution in [0.25, 0.3) is 0 Å². The van der Waals surface area contributed by atoms with Crippen molar-refractivity contribution in [2.75, 3.05) is 10.5 Å². The van der Waals surface area contributed by atoms with E-state index in [1.165, 1.54) is 12.1 Å². The standard InChI is InChI=1S/C24H24ClN3O4S2/c1-3-33(29,30)27-20-13-11-18(12-14-20)23-16-24(22-10-5-4-7-17(22)2)28(26-23)34(31,32)21-9-6-8-19(25)15-21/h4-15,24,27H,3,16H2,1-2H3/t24-/m1/s1. The van der Waals surface area contributed by atoms with Crippen LogP contribution in [0.4, 0.5) is 5.69 Å². The second-order valence-corrected chi connectivity index (χ2v) is 12.2. The van der Waals surface area contributed by atoms with Gasteiger partial charge in [0.05, 0.1) is 22.4 Å². The molecule has 34 heavy (non-hydrogen) atoms. The Hall–Kier alpha value is -2.88. The number of hydrogen-bond acceptors (Lipinski definition) is 5. The number of sulfonamides is 2. The Morgan fingerprint density at radius 1 is 1.00 bits per heavy atom. The predicted molar refractivity (Wildman–Crippen MR) is 135 cm³/mol. The first-order valence-corrected chi connectivity index (χ1v) is 14.1. The van der Waals surface area contributed by atoms with Crippen molar-refractivity contribution in [3.05, 3.63) is 94.5 Å². The summed E-state index contributed by atoms with van der Waals surface area (Å²) in [5.41, 5.74) is 3.55. The molecule has 1 aliphatic rings. The van der Waals surface area contributed by atoms with E-state index < -0.39 is 26.1 Å². The topological polar surface area (TPSA) is 95.9 Å². The first-order chi connectivity index (χ1) is 16.1. The van der Waals surface area contributed by atoms with Gasteiger partial charge in [-0.2, -0.15) is 17.9 Å². The molecule has 0 saturated heterocycles.